The molecular formula is C29H33N7O6. The molecule has 13 nitrogen and oxygen atoms in total. The molecule has 1 fully saturated rings. The molecule has 13 heteroatoms. The first kappa shape index (κ1) is 29.8. The summed E-state index contributed by atoms with van der Waals surface area (Å²) >= 11 is 0. The quantitative estimate of drug-likeness (QED) is 0.114. The van der Waals surface area contributed by atoms with Gasteiger partial charge in [0.05, 0.1) is 30.7 Å². The van der Waals surface area contributed by atoms with Gasteiger partial charge in [-0.3, -0.25) is 14.2 Å². The van der Waals surface area contributed by atoms with Crippen molar-refractivity contribution in [1.82, 2.24) is 14.9 Å². The number of nitrogen functional groups attached to an aromatic ring is 1. The topological polar surface area (TPSA) is 193 Å². The molecule has 4 rings (SSSR count). The Morgan fingerprint density at radius 1 is 1.05 bits per heavy atom. The number of carbonyl (C=O) groups is 3. The van der Waals surface area contributed by atoms with Crippen LogP contribution in [0.1, 0.15) is 48.2 Å². The molecule has 220 valence electrons. The number of benzene rings is 2. The normalized spacial score (nSPS) is 12.9. The van der Waals surface area contributed by atoms with E-state index in [2.05, 4.69) is 20.6 Å². The molecule has 0 bridgehead atoms. The Labute approximate surface area is 241 Å². The molecule has 2 aromatic carbocycles. The van der Waals surface area contributed by atoms with E-state index in [4.69, 9.17) is 20.9 Å². The van der Waals surface area contributed by atoms with Crippen LogP contribution in [0.3, 0.4) is 0 Å². The summed E-state index contributed by atoms with van der Waals surface area (Å²) in [5.41, 5.74) is 14.0. The van der Waals surface area contributed by atoms with E-state index in [1.165, 1.54) is 16.8 Å². The maximum absolute atomic E-state index is 13.4. The Morgan fingerprint density at radius 3 is 2.43 bits per heavy atom. The third-order valence-electron chi connectivity index (χ3n) is 6.26. The van der Waals surface area contributed by atoms with Crippen LogP contribution in [0, 0.1) is 0 Å². The van der Waals surface area contributed by atoms with Crippen molar-refractivity contribution in [2.45, 2.75) is 45.8 Å². The van der Waals surface area contributed by atoms with Gasteiger partial charge in [-0.2, -0.15) is 4.99 Å². The summed E-state index contributed by atoms with van der Waals surface area (Å²) in [7, 11) is 0. The van der Waals surface area contributed by atoms with E-state index in [1.807, 2.05) is 0 Å². The summed E-state index contributed by atoms with van der Waals surface area (Å²) < 4.78 is 11.2. The fourth-order valence-electron chi connectivity index (χ4n) is 4.04. The standard InChI is InChI=1S/C29H33N7O6/c1-3-41-28(39)20-11-19(12-21(30)13-20)23-15-33-26(34-22-9-10-22)27(38)36(23)16-24(37)32-14-17-5-7-18(8-6-17)25(31)35-29(40)42-4-2/h5-8,11-13,15,22H,3-4,9-10,14,16,30H2,1-2H3,(H,32,37)(H,33,34)(H2,31,35,40). The fourth-order valence-corrected chi connectivity index (χ4v) is 4.04. The highest BCUT2D eigenvalue weighted by Gasteiger charge is 2.24. The zero-order valence-electron chi connectivity index (χ0n) is 23.4. The Bertz CT molecular complexity index is 1560. The average Bonchev–Trinajstić information content (AvgIpc) is 3.78. The number of amides is 2. The number of hydrogen-bond donors (Lipinski definition) is 4. The van der Waals surface area contributed by atoms with Crippen molar-refractivity contribution in [3.8, 4) is 11.3 Å². The van der Waals surface area contributed by atoms with E-state index in [0.29, 0.717) is 16.8 Å². The first-order chi connectivity index (χ1) is 20.2. The van der Waals surface area contributed by atoms with Gasteiger partial charge in [0.15, 0.2) is 5.82 Å². The van der Waals surface area contributed by atoms with Crippen molar-refractivity contribution in [2.75, 3.05) is 24.3 Å². The van der Waals surface area contributed by atoms with E-state index in [1.54, 1.807) is 50.2 Å². The molecule has 0 atom stereocenters. The lowest BCUT2D eigenvalue weighted by atomic mass is 10.1. The van der Waals surface area contributed by atoms with Gasteiger partial charge in [-0.1, -0.05) is 24.3 Å². The minimum atomic E-state index is -0.775. The second kappa shape index (κ2) is 13.4. The van der Waals surface area contributed by atoms with Crippen LogP contribution < -0.4 is 27.7 Å². The van der Waals surface area contributed by atoms with Crippen molar-refractivity contribution in [1.29, 1.82) is 0 Å². The van der Waals surface area contributed by atoms with Gasteiger partial charge in [0, 0.05) is 29.4 Å². The molecule has 3 aromatic rings. The van der Waals surface area contributed by atoms with Gasteiger partial charge in [-0.25, -0.2) is 14.6 Å². The number of amidine groups is 1. The highest BCUT2D eigenvalue weighted by molar-refractivity contribution is 6.02. The first-order valence-corrected chi connectivity index (χ1v) is 13.5. The summed E-state index contributed by atoms with van der Waals surface area (Å²) in [5.74, 6) is -0.834. The zero-order chi connectivity index (χ0) is 30.2. The Hall–Kier alpha value is -5.20. The molecule has 1 heterocycles. The molecular weight excluding hydrogens is 542 g/mol. The van der Waals surface area contributed by atoms with Gasteiger partial charge in [-0.05, 0) is 50.5 Å². The van der Waals surface area contributed by atoms with E-state index < -0.39 is 23.5 Å². The van der Waals surface area contributed by atoms with E-state index >= 15 is 0 Å². The van der Waals surface area contributed by atoms with Crippen molar-refractivity contribution >= 4 is 35.3 Å². The minimum Gasteiger partial charge on any atom is -0.462 e. The molecule has 2 amide bonds. The third-order valence-corrected chi connectivity index (χ3v) is 6.26. The molecule has 0 spiro atoms. The minimum absolute atomic E-state index is 0.0110. The van der Waals surface area contributed by atoms with Gasteiger partial charge in [0.25, 0.3) is 5.56 Å². The number of hydrogen-bond acceptors (Lipinski definition) is 9. The van der Waals surface area contributed by atoms with Crippen LogP contribution in [0.4, 0.5) is 16.3 Å². The predicted molar refractivity (Wildman–Crippen MR) is 157 cm³/mol. The van der Waals surface area contributed by atoms with Gasteiger partial charge in [0.2, 0.25) is 5.91 Å². The molecule has 1 saturated carbocycles. The van der Waals surface area contributed by atoms with Crippen LogP contribution in [0.25, 0.3) is 11.3 Å². The summed E-state index contributed by atoms with van der Waals surface area (Å²) in [6.45, 7) is 3.60. The monoisotopic (exact) mass is 575 g/mol. The second-order valence-corrected chi connectivity index (χ2v) is 9.54. The fraction of sp³-hybridized carbons (Fsp3) is 0.310. The first-order valence-electron chi connectivity index (χ1n) is 13.5. The third kappa shape index (κ3) is 7.71. The average molecular weight is 576 g/mol. The number of esters is 1. The highest BCUT2D eigenvalue weighted by Crippen LogP contribution is 2.26. The number of nitrogens with zero attached hydrogens (tertiary/aromatic N) is 3. The number of ether oxygens (including phenoxy) is 2. The number of anilines is 2. The van der Waals surface area contributed by atoms with Gasteiger partial charge in [-0.15, -0.1) is 0 Å². The number of aromatic nitrogens is 2. The van der Waals surface area contributed by atoms with Gasteiger partial charge >= 0.3 is 12.1 Å². The summed E-state index contributed by atoms with van der Waals surface area (Å²) in [4.78, 5) is 58.4. The van der Waals surface area contributed by atoms with Crippen molar-refractivity contribution in [2.24, 2.45) is 10.7 Å². The molecule has 1 aliphatic carbocycles. The maximum Gasteiger partial charge on any atom is 0.435 e. The number of carbonyl (C=O) groups excluding carboxylic acids is 3. The second-order valence-electron chi connectivity index (χ2n) is 9.54. The van der Waals surface area contributed by atoms with Crippen LogP contribution in [0.5, 0.6) is 0 Å². The van der Waals surface area contributed by atoms with E-state index in [0.717, 1.165) is 18.4 Å². The Balaban J connectivity index is 1.54. The molecule has 1 aliphatic rings. The smallest absolute Gasteiger partial charge is 0.435 e. The molecule has 0 unspecified atom stereocenters. The van der Waals surface area contributed by atoms with E-state index in [-0.39, 0.29) is 55.2 Å². The highest BCUT2D eigenvalue weighted by atomic mass is 16.5. The number of aliphatic imine (C=N–C) groups is 1. The maximum atomic E-state index is 13.4. The van der Waals surface area contributed by atoms with Crippen molar-refractivity contribution < 1.29 is 23.9 Å². The Kier molecular flexibility index (Phi) is 9.53. The Morgan fingerprint density at radius 2 is 1.76 bits per heavy atom. The van der Waals surface area contributed by atoms with Crippen LogP contribution in [-0.2, 0) is 27.4 Å². The lowest BCUT2D eigenvalue weighted by Gasteiger charge is -2.16. The van der Waals surface area contributed by atoms with Gasteiger partial charge in [0.1, 0.15) is 12.4 Å². The molecule has 1 aromatic heterocycles. The summed E-state index contributed by atoms with van der Waals surface area (Å²) in [6.07, 6.45) is 2.56. The number of rotatable bonds is 11. The number of nitrogens with one attached hydrogen (secondary N) is 2. The lowest BCUT2D eigenvalue weighted by Crippen LogP contribution is -2.34. The van der Waals surface area contributed by atoms with Crippen LogP contribution in [0.15, 0.2) is 58.4 Å². The lowest BCUT2D eigenvalue weighted by molar-refractivity contribution is -0.121. The van der Waals surface area contributed by atoms with Crippen LogP contribution in [-0.4, -0.2) is 52.6 Å². The molecule has 6 N–H and O–H groups in total. The van der Waals surface area contributed by atoms with Crippen molar-refractivity contribution in [3.05, 3.63) is 75.7 Å². The summed E-state index contributed by atoms with van der Waals surface area (Å²) in [6, 6.07) is 11.6. The number of nitrogens with two attached hydrogens (primary N) is 2. The summed E-state index contributed by atoms with van der Waals surface area (Å²) in [5, 5.41) is 5.91. The largest absolute Gasteiger partial charge is 0.462 e. The van der Waals surface area contributed by atoms with Crippen molar-refractivity contribution in [3.63, 3.8) is 0 Å². The van der Waals surface area contributed by atoms with E-state index in [9.17, 15) is 19.2 Å². The molecule has 0 saturated heterocycles. The van der Waals surface area contributed by atoms with Gasteiger partial charge < -0.3 is 31.6 Å². The zero-order valence-corrected chi connectivity index (χ0v) is 23.4. The van der Waals surface area contributed by atoms with Crippen LogP contribution >= 0.6 is 0 Å². The molecule has 0 aliphatic heterocycles. The predicted octanol–water partition coefficient (Wildman–Crippen LogP) is 2.42. The van der Waals surface area contributed by atoms with Crippen LogP contribution in [0.2, 0.25) is 0 Å². The molecule has 42 heavy (non-hydrogen) atoms. The SMILES string of the molecule is CCOC(=O)/N=C(\N)c1ccc(CNC(=O)Cn2c(-c3cc(N)cc(C(=O)OCC)c3)cnc(NC3CC3)c2=O)cc1. The molecule has 0 radical (unpaired) electrons.